The van der Waals surface area contributed by atoms with Gasteiger partial charge in [0, 0.05) is 15.0 Å². The first kappa shape index (κ1) is 7.55. The van der Waals surface area contributed by atoms with Crippen LogP contribution < -0.4 is 0 Å². The van der Waals surface area contributed by atoms with E-state index in [1.165, 1.54) is 17.4 Å². The molecule has 3 heteroatoms. The molecule has 12 heavy (non-hydrogen) atoms. The molecule has 0 aliphatic carbocycles. The molecule has 1 heterocycles. The van der Waals surface area contributed by atoms with Crippen LogP contribution in [0.1, 0.15) is 4.88 Å². The molecule has 1 N–H and O–H groups in total. The Morgan fingerprint density at radius 3 is 2.92 bits per heavy atom. The van der Waals surface area contributed by atoms with E-state index in [1.54, 1.807) is 19.1 Å². The quantitative estimate of drug-likeness (QED) is 0.663. The molecule has 0 radical (unpaired) electrons. The second-order valence-electron chi connectivity index (χ2n) is 2.65. The molecule has 0 fully saturated rings. The van der Waals surface area contributed by atoms with Crippen molar-refractivity contribution < 1.29 is 9.50 Å². The lowest BCUT2D eigenvalue weighted by Crippen LogP contribution is -1.71. The van der Waals surface area contributed by atoms with E-state index in [4.69, 9.17) is 5.11 Å². The Balaban J connectivity index is 2.88. The van der Waals surface area contributed by atoms with E-state index in [2.05, 4.69) is 0 Å². The highest BCUT2D eigenvalue weighted by Gasteiger charge is 2.07. The molecule has 1 aromatic carbocycles. The maximum Gasteiger partial charge on any atom is 0.144 e. The maximum absolute atomic E-state index is 13.2. The Bertz CT molecular complexity index is 433. The van der Waals surface area contributed by atoms with Crippen LogP contribution in [0.15, 0.2) is 18.2 Å². The van der Waals surface area contributed by atoms with E-state index in [-0.39, 0.29) is 11.6 Å². The Labute approximate surface area is 73.1 Å². The molecule has 0 amide bonds. The van der Waals surface area contributed by atoms with Crippen LogP contribution in [0.2, 0.25) is 0 Å². The van der Waals surface area contributed by atoms with Crippen molar-refractivity contribution >= 4 is 21.4 Å². The molecule has 0 atom stereocenters. The summed E-state index contributed by atoms with van der Waals surface area (Å²) in [5.41, 5.74) is 0. The van der Waals surface area contributed by atoms with Crippen LogP contribution in [0.25, 0.3) is 10.1 Å². The van der Waals surface area contributed by atoms with E-state index < -0.39 is 0 Å². The predicted octanol–water partition coefficient (Wildman–Crippen LogP) is 3.05. The fraction of sp³-hybridized carbons (Fsp3) is 0.111. The highest BCUT2D eigenvalue weighted by molar-refractivity contribution is 7.19. The molecule has 62 valence electrons. The van der Waals surface area contributed by atoms with Gasteiger partial charge in [0.05, 0.1) is 0 Å². The minimum atomic E-state index is -0.217. The summed E-state index contributed by atoms with van der Waals surface area (Å²) in [5.74, 6) is -0.106. The summed E-state index contributed by atoms with van der Waals surface area (Å²) in [6.45, 7) is 1.73. The number of fused-ring (bicyclic) bond motifs is 1. The van der Waals surface area contributed by atoms with E-state index in [0.717, 1.165) is 4.70 Å². The van der Waals surface area contributed by atoms with Gasteiger partial charge in [0.25, 0.3) is 0 Å². The summed E-state index contributed by atoms with van der Waals surface area (Å²) < 4.78 is 14.1. The minimum Gasteiger partial charge on any atom is -0.508 e. The molecule has 2 aromatic rings. The van der Waals surface area contributed by atoms with Crippen LogP contribution in [-0.2, 0) is 0 Å². The Hall–Kier alpha value is -1.09. The molecule has 1 nitrogen and oxygen atoms in total. The molecule has 0 saturated heterocycles. The number of thiophene rings is 1. The number of phenols is 1. The zero-order valence-corrected chi connectivity index (χ0v) is 7.28. The number of hydrogen-bond acceptors (Lipinski definition) is 2. The van der Waals surface area contributed by atoms with Crippen LogP contribution in [0.5, 0.6) is 5.75 Å². The Morgan fingerprint density at radius 2 is 2.17 bits per heavy atom. The van der Waals surface area contributed by atoms with Gasteiger partial charge in [-0.25, -0.2) is 4.39 Å². The predicted molar refractivity (Wildman–Crippen MR) is 48.2 cm³/mol. The normalized spacial score (nSPS) is 10.8. The van der Waals surface area contributed by atoms with Gasteiger partial charge in [-0.1, -0.05) is 0 Å². The summed E-state index contributed by atoms with van der Waals surface area (Å²) in [7, 11) is 0. The minimum absolute atomic E-state index is 0.110. The van der Waals surface area contributed by atoms with Crippen LogP contribution in [0, 0.1) is 12.7 Å². The van der Waals surface area contributed by atoms with Gasteiger partial charge in [-0.3, -0.25) is 0 Å². The summed E-state index contributed by atoms with van der Waals surface area (Å²) in [6.07, 6.45) is 0. The summed E-state index contributed by atoms with van der Waals surface area (Å²) in [6, 6.07) is 4.75. The molecule has 0 aliphatic heterocycles. The van der Waals surface area contributed by atoms with E-state index >= 15 is 0 Å². The first-order valence-corrected chi connectivity index (χ1v) is 4.38. The molecule has 0 spiro atoms. The second-order valence-corrected chi connectivity index (χ2v) is 3.91. The SMILES string of the molecule is Cc1sc2ccc(O)cc2c1F. The van der Waals surface area contributed by atoms with Crippen molar-refractivity contribution in [2.45, 2.75) is 6.92 Å². The number of phenolic OH excluding ortho intramolecular Hbond substituents is 1. The lowest BCUT2D eigenvalue weighted by Gasteiger charge is -1.90. The lowest BCUT2D eigenvalue weighted by molar-refractivity contribution is 0.476. The van der Waals surface area contributed by atoms with Crippen molar-refractivity contribution in [1.29, 1.82) is 0 Å². The van der Waals surface area contributed by atoms with Gasteiger partial charge in [-0.05, 0) is 25.1 Å². The summed E-state index contributed by atoms with van der Waals surface area (Å²) in [5, 5.41) is 9.61. The van der Waals surface area contributed by atoms with Gasteiger partial charge < -0.3 is 5.11 Å². The van der Waals surface area contributed by atoms with Crippen LogP contribution in [0.3, 0.4) is 0 Å². The van der Waals surface area contributed by atoms with Gasteiger partial charge in [0.2, 0.25) is 0 Å². The maximum atomic E-state index is 13.2. The summed E-state index contributed by atoms with van der Waals surface area (Å²) in [4.78, 5) is 0.663. The van der Waals surface area contributed by atoms with Crippen molar-refractivity contribution in [3.8, 4) is 5.75 Å². The third kappa shape index (κ3) is 0.975. The first-order valence-electron chi connectivity index (χ1n) is 3.56. The largest absolute Gasteiger partial charge is 0.508 e. The lowest BCUT2D eigenvalue weighted by atomic mass is 10.2. The third-order valence-electron chi connectivity index (χ3n) is 1.77. The molecule has 0 bridgehead atoms. The number of aromatic hydroxyl groups is 1. The van der Waals surface area contributed by atoms with Crippen molar-refractivity contribution in [3.63, 3.8) is 0 Å². The third-order valence-corrected chi connectivity index (χ3v) is 2.83. The topological polar surface area (TPSA) is 20.2 Å². The molecule has 0 saturated carbocycles. The number of halogens is 1. The highest BCUT2D eigenvalue weighted by atomic mass is 32.1. The first-order chi connectivity index (χ1) is 5.68. The zero-order chi connectivity index (χ0) is 8.72. The monoisotopic (exact) mass is 182 g/mol. The average molecular weight is 182 g/mol. The van der Waals surface area contributed by atoms with Gasteiger partial charge in [0.1, 0.15) is 11.6 Å². The highest BCUT2D eigenvalue weighted by Crippen LogP contribution is 2.31. The average Bonchev–Trinajstić information content (AvgIpc) is 2.31. The van der Waals surface area contributed by atoms with Crippen molar-refractivity contribution in [2.75, 3.05) is 0 Å². The molecular formula is C9H7FOS. The zero-order valence-electron chi connectivity index (χ0n) is 6.47. The van der Waals surface area contributed by atoms with Crippen molar-refractivity contribution in [1.82, 2.24) is 0 Å². The van der Waals surface area contributed by atoms with Crippen molar-refractivity contribution in [3.05, 3.63) is 28.9 Å². The fourth-order valence-electron chi connectivity index (χ4n) is 1.18. The number of aryl methyl sites for hydroxylation is 1. The van der Waals surface area contributed by atoms with Crippen LogP contribution >= 0.6 is 11.3 Å². The van der Waals surface area contributed by atoms with Gasteiger partial charge in [0.15, 0.2) is 0 Å². The Morgan fingerprint density at radius 1 is 1.42 bits per heavy atom. The number of rotatable bonds is 0. The number of benzene rings is 1. The van der Waals surface area contributed by atoms with Crippen LogP contribution in [0.4, 0.5) is 4.39 Å². The molecule has 1 aromatic heterocycles. The summed E-state index contributed by atoms with van der Waals surface area (Å²) >= 11 is 1.40. The van der Waals surface area contributed by atoms with E-state index in [1.807, 2.05) is 0 Å². The van der Waals surface area contributed by atoms with Gasteiger partial charge in [-0.15, -0.1) is 11.3 Å². The molecule has 0 unspecified atom stereocenters. The molecule has 2 rings (SSSR count). The second kappa shape index (κ2) is 2.45. The van der Waals surface area contributed by atoms with Crippen molar-refractivity contribution in [2.24, 2.45) is 0 Å². The van der Waals surface area contributed by atoms with Gasteiger partial charge >= 0.3 is 0 Å². The standard InChI is InChI=1S/C9H7FOS/c1-5-9(10)7-4-6(11)2-3-8(7)12-5/h2-4,11H,1H3. The van der Waals surface area contributed by atoms with Crippen LogP contribution in [-0.4, -0.2) is 5.11 Å². The molecule has 0 aliphatic rings. The molecular weight excluding hydrogens is 175 g/mol. The van der Waals surface area contributed by atoms with E-state index in [0.29, 0.717) is 10.3 Å². The smallest absolute Gasteiger partial charge is 0.144 e. The number of hydrogen-bond donors (Lipinski definition) is 1. The van der Waals surface area contributed by atoms with Gasteiger partial charge in [-0.2, -0.15) is 0 Å². The fourth-order valence-corrected chi connectivity index (χ4v) is 2.10. The van der Waals surface area contributed by atoms with E-state index in [9.17, 15) is 4.39 Å². The Kier molecular flexibility index (Phi) is 1.54.